The molecule has 5 nitrogen and oxygen atoms in total. The largest absolute Gasteiger partial charge is 0.331 e. The van der Waals surface area contributed by atoms with E-state index in [0.717, 1.165) is 22.4 Å². The Labute approximate surface area is 133 Å². The topological polar surface area (TPSA) is 64.0 Å². The maximum absolute atomic E-state index is 12.0. The van der Waals surface area contributed by atoms with E-state index < -0.39 is 10.0 Å². The van der Waals surface area contributed by atoms with Crippen molar-refractivity contribution in [3.05, 3.63) is 47.1 Å². The molecule has 0 unspecified atom stereocenters. The molecule has 0 aliphatic heterocycles. The molecule has 1 aromatic carbocycles. The van der Waals surface area contributed by atoms with Crippen LogP contribution >= 0.6 is 11.3 Å². The lowest BCUT2D eigenvalue weighted by Crippen LogP contribution is -2.25. The second kappa shape index (κ2) is 5.83. The van der Waals surface area contributed by atoms with Crippen molar-refractivity contribution < 1.29 is 8.42 Å². The molecule has 0 fully saturated rings. The Morgan fingerprint density at radius 2 is 2.14 bits per heavy atom. The molecule has 0 radical (unpaired) electrons. The number of rotatable bonds is 5. The number of hydrogen-bond donors (Lipinski definition) is 1. The summed E-state index contributed by atoms with van der Waals surface area (Å²) in [5.74, 6) is 0.963. The lowest BCUT2D eigenvalue weighted by Gasteiger charge is -2.05. The lowest BCUT2D eigenvalue weighted by molar-refractivity contribution is 0.584. The van der Waals surface area contributed by atoms with Gasteiger partial charge in [0.25, 0.3) is 0 Å². The van der Waals surface area contributed by atoms with Gasteiger partial charge in [0, 0.05) is 13.6 Å². The van der Waals surface area contributed by atoms with Crippen LogP contribution in [0.25, 0.3) is 11.0 Å². The predicted molar refractivity (Wildman–Crippen MR) is 88.7 cm³/mol. The first-order valence-electron chi connectivity index (χ1n) is 6.92. The summed E-state index contributed by atoms with van der Waals surface area (Å²) >= 11 is 1.22. The van der Waals surface area contributed by atoms with Gasteiger partial charge in [0.2, 0.25) is 10.0 Å². The SMILES string of the molecule is Cc1nc2cc(CCNS(=O)(=O)c3cccs3)ccc2n1C. The van der Waals surface area contributed by atoms with Gasteiger partial charge in [-0.15, -0.1) is 11.3 Å². The van der Waals surface area contributed by atoms with Gasteiger partial charge >= 0.3 is 0 Å². The van der Waals surface area contributed by atoms with Gasteiger partial charge in [-0.1, -0.05) is 12.1 Å². The summed E-state index contributed by atoms with van der Waals surface area (Å²) in [7, 11) is -1.40. The quantitative estimate of drug-likeness (QED) is 0.779. The van der Waals surface area contributed by atoms with Crippen molar-refractivity contribution in [3.63, 3.8) is 0 Å². The van der Waals surface area contributed by atoms with Gasteiger partial charge < -0.3 is 4.57 Å². The molecule has 2 aromatic heterocycles. The van der Waals surface area contributed by atoms with Crippen LogP contribution in [0.3, 0.4) is 0 Å². The zero-order valence-electron chi connectivity index (χ0n) is 12.4. The number of imidazole rings is 1. The molecule has 3 rings (SSSR count). The van der Waals surface area contributed by atoms with Gasteiger partial charge in [-0.05, 0) is 42.5 Å². The van der Waals surface area contributed by atoms with Crippen LogP contribution in [-0.4, -0.2) is 24.5 Å². The van der Waals surface area contributed by atoms with Crippen LogP contribution in [0, 0.1) is 6.92 Å². The molecule has 7 heteroatoms. The highest BCUT2D eigenvalue weighted by Gasteiger charge is 2.14. The molecule has 2 heterocycles. The zero-order valence-corrected chi connectivity index (χ0v) is 14.0. The van der Waals surface area contributed by atoms with Crippen LogP contribution < -0.4 is 4.72 Å². The van der Waals surface area contributed by atoms with Crippen LogP contribution in [0.5, 0.6) is 0 Å². The summed E-state index contributed by atoms with van der Waals surface area (Å²) in [6.45, 7) is 2.34. The maximum Gasteiger partial charge on any atom is 0.250 e. The average Bonchev–Trinajstić information content (AvgIpc) is 3.09. The normalized spacial score (nSPS) is 12.1. The zero-order chi connectivity index (χ0) is 15.7. The molecule has 22 heavy (non-hydrogen) atoms. The Bertz CT molecular complexity index is 896. The molecule has 3 aromatic rings. The van der Waals surface area contributed by atoms with Crippen molar-refractivity contribution in [2.45, 2.75) is 17.6 Å². The molecular weight excluding hydrogens is 318 g/mol. The van der Waals surface area contributed by atoms with Gasteiger partial charge in [0.1, 0.15) is 10.0 Å². The van der Waals surface area contributed by atoms with E-state index in [1.54, 1.807) is 17.5 Å². The fourth-order valence-electron chi connectivity index (χ4n) is 2.34. The highest BCUT2D eigenvalue weighted by atomic mass is 32.2. The van der Waals surface area contributed by atoms with E-state index in [1.807, 2.05) is 36.7 Å². The van der Waals surface area contributed by atoms with Crippen molar-refractivity contribution in [2.75, 3.05) is 6.54 Å². The van der Waals surface area contributed by atoms with Crippen LogP contribution in [0.15, 0.2) is 39.9 Å². The van der Waals surface area contributed by atoms with Crippen LogP contribution in [0.4, 0.5) is 0 Å². The number of benzene rings is 1. The first-order chi connectivity index (χ1) is 10.5. The van der Waals surface area contributed by atoms with E-state index in [9.17, 15) is 8.42 Å². The number of fused-ring (bicyclic) bond motifs is 1. The number of sulfonamides is 1. The fraction of sp³-hybridized carbons (Fsp3) is 0.267. The predicted octanol–water partition coefficient (Wildman–Crippen LogP) is 2.46. The summed E-state index contributed by atoms with van der Waals surface area (Å²) in [6.07, 6.45) is 0.635. The molecule has 0 saturated heterocycles. The minimum Gasteiger partial charge on any atom is -0.331 e. The van der Waals surface area contributed by atoms with E-state index in [0.29, 0.717) is 17.2 Å². The fourth-order valence-corrected chi connectivity index (χ4v) is 4.41. The van der Waals surface area contributed by atoms with Crippen molar-refractivity contribution in [3.8, 4) is 0 Å². The Balaban J connectivity index is 1.69. The summed E-state index contributed by atoms with van der Waals surface area (Å²) in [4.78, 5) is 4.50. The average molecular weight is 335 g/mol. The van der Waals surface area contributed by atoms with Crippen molar-refractivity contribution in [2.24, 2.45) is 7.05 Å². The first kappa shape index (κ1) is 15.2. The summed E-state index contributed by atoms with van der Waals surface area (Å²) in [6, 6.07) is 9.40. The number of hydrogen-bond acceptors (Lipinski definition) is 4. The van der Waals surface area contributed by atoms with Crippen LogP contribution in [0.2, 0.25) is 0 Å². The Morgan fingerprint density at radius 1 is 1.32 bits per heavy atom. The lowest BCUT2D eigenvalue weighted by atomic mass is 10.1. The van der Waals surface area contributed by atoms with Gasteiger partial charge in [0.05, 0.1) is 11.0 Å². The van der Waals surface area contributed by atoms with E-state index in [4.69, 9.17) is 0 Å². The van der Waals surface area contributed by atoms with Crippen LogP contribution in [-0.2, 0) is 23.5 Å². The minimum absolute atomic E-state index is 0.350. The molecule has 0 bridgehead atoms. The minimum atomic E-state index is -3.38. The van der Waals surface area contributed by atoms with Gasteiger partial charge in [0.15, 0.2) is 0 Å². The molecule has 116 valence electrons. The van der Waals surface area contributed by atoms with E-state index in [1.165, 1.54) is 11.3 Å². The molecule has 0 atom stereocenters. The third kappa shape index (κ3) is 2.92. The first-order valence-corrected chi connectivity index (χ1v) is 9.29. The Hall–Kier alpha value is -1.70. The third-order valence-corrected chi connectivity index (χ3v) is 6.49. The third-order valence-electron chi connectivity index (χ3n) is 3.63. The number of nitrogens with one attached hydrogen (secondary N) is 1. The summed E-state index contributed by atoms with van der Waals surface area (Å²) in [5.41, 5.74) is 3.10. The monoisotopic (exact) mass is 335 g/mol. The number of thiophene rings is 1. The number of aryl methyl sites for hydroxylation is 2. The van der Waals surface area contributed by atoms with Gasteiger partial charge in [-0.2, -0.15) is 0 Å². The number of nitrogens with zero attached hydrogens (tertiary/aromatic N) is 2. The molecule has 1 N–H and O–H groups in total. The second-order valence-corrected chi connectivity index (χ2v) is 8.06. The summed E-state index contributed by atoms with van der Waals surface area (Å²) < 4.78 is 29.1. The standard InChI is InChI=1S/C15H17N3O2S2/c1-11-17-13-10-12(5-6-14(13)18(11)2)7-8-16-22(19,20)15-4-3-9-21-15/h3-6,9-10,16H,7-8H2,1-2H3. The molecule has 0 saturated carbocycles. The highest BCUT2D eigenvalue weighted by Crippen LogP contribution is 2.17. The Kier molecular flexibility index (Phi) is 4.03. The second-order valence-electron chi connectivity index (χ2n) is 5.12. The van der Waals surface area contributed by atoms with Crippen LogP contribution in [0.1, 0.15) is 11.4 Å². The van der Waals surface area contributed by atoms with Gasteiger partial charge in [-0.25, -0.2) is 18.1 Å². The molecular formula is C15H17N3O2S2. The van der Waals surface area contributed by atoms with E-state index in [-0.39, 0.29) is 0 Å². The smallest absolute Gasteiger partial charge is 0.250 e. The molecule has 0 aliphatic carbocycles. The van der Waals surface area contributed by atoms with Crippen molar-refractivity contribution >= 4 is 32.4 Å². The molecule has 0 amide bonds. The Morgan fingerprint density at radius 3 is 2.86 bits per heavy atom. The molecule has 0 aliphatic rings. The van der Waals surface area contributed by atoms with E-state index >= 15 is 0 Å². The molecule has 0 spiro atoms. The summed E-state index contributed by atoms with van der Waals surface area (Å²) in [5, 5.41) is 1.76. The van der Waals surface area contributed by atoms with Crippen molar-refractivity contribution in [1.82, 2.24) is 14.3 Å². The van der Waals surface area contributed by atoms with E-state index in [2.05, 4.69) is 9.71 Å². The maximum atomic E-state index is 12.0. The number of aromatic nitrogens is 2. The van der Waals surface area contributed by atoms with Gasteiger partial charge in [-0.3, -0.25) is 0 Å². The highest BCUT2D eigenvalue weighted by molar-refractivity contribution is 7.91. The van der Waals surface area contributed by atoms with Crippen molar-refractivity contribution in [1.29, 1.82) is 0 Å².